The van der Waals surface area contributed by atoms with Gasteiger partial charge in [0.15, 0.2) is 0 Å². The number of fused-ring (bicyclic) bond motifs is 10. The first-order chi connectivity index (χ1) is 29.7. The third-order valence-corrected chi connectivity index (χ3v) is 14.1. The van der Waals surface area contributed by atoms with Crippen LogP contribution in [0, 0.1) is 0 Å². The van der Waals surface area contributed by atoms with Crippen molar-refractivity contribution >= 4 is 85.8 Å². The quantitative estimate of drug-likeness (QED) is 0.153. The summed E-state index contributed by atoms with van der Waals surface area (Å²) >= 11 is 1.93. The molecule has 2 heterocycles. The molecule has 0 aliphatic heterocycles. The molecule has 0 unspecified atom stereocenters. The molecule has 284 valence electrons. The van der Waals surface area contributed by atoms with E-state index in [0.717, 1.165) is 34.8 Å². The second-order valence-electron chi connectivity index (χ2n) is 16.0. The number of para-hydroxylation sites is 1. The van der Waals surface area contributed by atoms with Crippen LogP contribution in [-0.2, 0) is 12.8 Å². The molecule has 0 amide bonds. The molecule has 1 nitrogen and oxygen atoms in total. The van der Waals surface area contributed by atoms with Gasteiger partial charge in [0.05, 0.1) is 0 Å². The predicted molar refractivity (Wildman–Crippen MR) is 260 cm³/mol. The molecule has 0 aliphatic rings. The van der Waals surface area contributed by atoms with Crippen LogP contribution in [0.15, 0.2) is 186 Å². The molecule has 0 spiro atoms. The maximum Gasteiger partial charge on any atom is 0.135 e. The molecule has 0 saturated carbocycles. The van der Waals surface area contributed by atoms with Gasteiger partial charge in [-0.1, -0.05) is 166 Å². The third kappa shape index (κ3) is 5.31. The van der Waals surface area contributed by atoms with Gasteiger partial charge in [-0.2, -0.15) is 0 Å². The van der Waals surface area contributed by atoms with Crippen LogP contribution in [0.4, 0.5) is 0 Å². The number of furan rings is 1. The molecule has 10 aromatic carbocycles. The van der Waals surface area contributed by atoms with Gasteiger partial charge in [0.25, 0.3) is 0 Å². The highest BCUT2D eigenvalue weighted by atomic mass is 32.1. The van der Waals surface area contributed by atoms with Gasteiger partial charge in [0, 0.05) is 36.3 Å². The first-order valence-corrected chi connectivity index (χ1v) is 21.9. The summed E-state index contributed by atoms with van der Waals surface area (Å²) in [5.74, 6) is 0. The van der Waals surface area contributed by atoms with Crippen molar-refractivity contribution in [2.75, 3.05) is 0 Å². The largest absolute Gasteiger partial charge is 0.456 e. The molecule has 12 rings (SSSR count). The summed E-state index contributed by atoms with van der Waals surface area (Å²) in [5.41, 5.74) is 14.8. The second-order valence-corrected chi connectivity index (χ2v) is 17.1. The Morgan fingerprint density at radius 1 is 0.383 bits per heavy atom. The number of aryl methyl sites for hydroxylation is 2. The van der Waals surface area contributed by atoms with E-state index in [-0.39, 0.29) is 0 Å². The molecule has 0 aliphatic carbocycles. The summed E-state index contributed by atoms with van der Waals surface area (Å²) < 4.78 is 8.94. The lowest BCUT2D eigenvalue weighted by atomic mass is 9.85. The van der Waals surface area contributed by atoms with Crippen molar-refractivity contribution < 1.29 is 4.42 Å². The zero-order valence-electron chi connectivity index (χ0n) is 33.6. The van der Waals surface area contributed by atoms with Crippen LogP contribution < -0.4 is 0 Å². The van der Waals surface area contributed by atoms with E-state index >= 15 is 0 Å². The third-order valence-electron chi connectivity index (χ3n) is 12.9. The Kier molecular flexibility index (Phi) is 8.05. The van der Waals surface area contributed by atoms with E-state index in [1.54, 1.807) is 0 Å². The maximum absolute atomic E-state index is 6.22. The predicted octanol–water partition coefficient (Wildman–Crippen LogP) is 17.2. The molecule has 2 heteroatoms. The van der Waals surface area contributed by atoms with Gasteiger partial charge >= 0.3 is 0 Å². The molecule has 2 aromatic heterocycles. The minimum atomic E-state index is 0.915. The summed E-state index contributed by atoms with van der Waals surface area (Å²) in [7, 11) is 0. The topological polar surface area (TPSA) is 13.1 Å². The Morgan fingerprint density at radius 2 is 0.950 bits per heavy atom. The first kappa shape index (κ1) is 35.0. The van der Waals surface area contributed by atoms with Crippen LogP contribution in [-0.4, -0.2) is 0 Å². The second kappa shape index (κ2) is 13.8. The normalized spacial score (nSPS) is 12.0. The van der Waals surface area contributed by atoms with E-state index in [1.165, 1.54) is 108 Å². The van der Waals surface area contributed by atoms with Gasteiger partial charge in [0.1, 0.15) is 11.2 Å². The minimum Gasteiger partial charge on any atom is -0.456 e. The van der Waals surface area contributed by atoms with Gasteiger partial charge in [-0.15, -0.1) is 11.3 Å². The molecule has 12 aromatic rings. The van der Waals surface area contributed by atoms with Gasteiger partial charge in [-0.25, -0.2) is 0 Å². The standard InChI is InChI=1S/C58H40OS/c1-3-35-13-5-6-14-42(35)56-36(4-2)29-32-53-57(56)48-30-27-38-23-26-40(33-49(38)58(48)60-53)37-21-24-39(25-22-37)54-44-16-7-9-18-46(44)55(47-19-10-8-17-45(47)54)41-28-31-52-50(34-41)43-15-11-12-20-51(43)59-52/h5-34H,3-4H2,1-2H3. The Balaban J connectivity index is 0.993. The van der Waals surface area contributed by atoms with Crippen LogP contribution >= 0.6 is 11.3 Å². The lowest BCUT2D eigenvalue weighted by Gasteiger charge is -2.18. The van der Waals surface area contributed by atoms with Crippen molar-refractivity contribution in [2.45, 2.75) is 26.7 Å². The van der Waals surface area contributed by atoms with E-state index in [2.05, 4.69) is 190 Å². The Labute approximate surface area is 352 Å². The average Bonchev–Trinajstić information content (AvgIpc) is 3.89. The van der Waals surface area contributed by atoms with Crippen molar-refractivity contribution in [1.82, 2.24) is 0 Å². The van der Waals surface area contributed by atoms with E-state index in [1.807, 2.05) is 17.4 Å². The molecule has 0 radical (unpaired) electrons. The fourth-order valence-corrected chi connectivity index (χ4v) is 11.2. The zero-order chi connectivity index (χ0) is 39.9. The minimum absolute atomic E-state index is 0.915. The average molecular weight is 785 g/mol. The number of hydrogen-bond donors (Lipinski definition) is 0. The highest BCUT2D eigenvalue weighted by molar-refractivity contribution is 7.26. The monoisotopic (exact) mass is 784 g/mol. The summed E-state index contributed by atoms with van der Waals surface area (Å²) in [5, 5.41) is 12.6. The number of rotatable bonds is 6. The molecule has 60 heavy (non-hydrogen) atoms. The van der Waals surface area contributed by atoms with Crippen LogP contribution in [0.2, 0.25) is 0 Å². The molecule has 0 bridgehead atoms. The van der Waals surface area contributed by atoms with Crippen molar-refractivity contribution in [3.8, 4) is 44.5 Å². The number of hydrogen-bond acceptors (Lipinski definition) is 2. The van der Waals surface area contributed by atoms with Crippen molar-refractivity contribution in [1.29, 1.82) is 0 Å². The summed E-state index contributed by atoms with van der Waals surface area (Å²) in [6.07, 6.45) is 2.02. The fourth-order valence-electron chi connectivity index (χ4n) is 10.0. The van der Waals surface area contributed by atoms with Gasteiger partial charge in [0.2, 0.25) is 0 Å². The number of benzene rings is 10. The summed E-state index contributed by atoms with van der Waals surface area (Å²) in [6.45, 7) is 4.55. The zero-order valence-corrected chi connectivity index (χ0v) is 34.4. The molecule has 0 fully saturated rings. The molecular weight excluding hydrogens is 745 g/mol. The van der Waals surface area contributed by atoms with Crippen molar-refractivity contribution in [3.05, 3.63) is 193 Å². The Bertz CT molecular complexity index is 3620. The number of thiophene rings is 1. The van der Waals surface area contributed by atoms with E-state index in [9.17, 15) is 0 Å². The van der Waals surface area contributed by atoms with Gasteiger partial charge in [-0.3, -0.25) is 0 Å². The Morgan fingerprint density at radius 3 is 1.68 bits per heavy atom. The van der Waals surface area contributed by atoms with E-state index < -0.39 is 0 Å². The first-order valence-electron chi connectivity index (χ1n) is 21.1. The van der Waals surface area contributed by atoms with Crippen LogP contribution in [0.1, 0.15) is 25.0 Å². The SMILES string of the molecule is CCc1ccccc1-c1c(CC)ccc2sc3c4cc(-c5ccc(-c6c7ccccc7c(-c7ccc8oc9ccccc9c8c7)c7ccccc67)cc5)ccc4ccc3c12. The van der Waals surface area contributed by atoms with Gasteiger partial charge < -0.3 is 4.42 Å². The highest BCUT2D eigenvalue weighted by Gasteiger charge is 2.20. The van der Waals surface area contributed by atoms with E-state index in [0.29, 0.717) is 0 Å². The highest BCUT2D eigenvalue weighted by Crippen LogP contribution is 2.47. The molecular formula is C58H40OS. The molecule has 0 saturated heterocycles. The van der Waals surface area contributed by atoms with Crippen LogP contribution in [0.5, 0.6) is 0 Å². The van der Waals surface area contributed by atoms with E-state index in [4.69, 9.17) is 4.42 Å². The summed E-state index contributed by atoms with van der Waals surface area (Å²) in [6, 6.07) is 67.4. The molecule has 0 N–H and O–H groups in total. The lowest BCUT2D eigenvalue weighted by molar-refractivity contribution is 0.669. The Hall–Kier alpha value is -7.00. The maximum atomic E-state index is 6.22. The van der Waals surface area contributed by atoms with Crippen molar-refractivity contribution in [2.24, 2.45) is 0 Å². The lowest BCUT2D eigenvalue weighted by Crippen LogP contribution is -1.93. The van der Waals surface area contributed by atoms with Crippen LogP contribution in [0.25, 0.3) is 119 Å². The molecule has 0 atom stereocenters. The van der Waals surface area contributed by atoms with Crippen molar-refractivity contribution in [3.63, 3.8) is 0 Å². The fraction of sp³-hybridized carbons (Fsp3) is 0.0690. The smallest absolute Gasteiger partial charge is 0.135 e. The van der Waals surface area contributed by atoms with Crippen LogP contribution in [0.3, 0.4) is 0 Å². The summed E-state index contributed by atoms with van der Waals surface area (Å²) in [4.78, 5) is 0. The van der Waals surface area contributed by atoms with Gasteiger partial charge in [-0.05, 0) is 126 Å².